The van der Waals surface area contributed by atoms with Crippen molar-refractivity contribution in [3.63, 3.8) is 0 Å². The van der Waals surface area contributed by atoms with Gasteiger partial charge in [-0.3, -0.25) is 4.79 Å². The van der Waals surface area contributed by atoms with Gasteiger partial charge in [0.05, 0.1) is 0 Å². The molecule has 1 aromatic rings. The Kier molecular flexibility index (Phi) is 4.81. The van der Waals surface area contributed by atoms with Crippen molar-refractivity contribution in [2.45, 2.75) is 59.4 Å². The molecule has 132 valence electrons. The van der Waals surface area contributed by atoms with Crippen molar-refractivity contribution in [2.75, 3.05) is 19.6 Å². The van der Waals surface area contributed by atoms with E-state index in [2.05, 4.69) is 35.2 Å². The van der Waals surface area contributed by atoms with Crippen LogP contribution < -0.4 is 5.73 Å². The SMILES string of the molecule is CC1=C(CCN2CCc3nc(C(N)=O)cn3CC2)C(C)(C)CCC1. The van der Waals surface area contributed by atoms with E-state index < -0.39 is 5.91 Å². The molecule has 0 aromatic carbocycles. The molecular formula is C19H30N4O. The number of amides is 1. The van der Waals surface area contributed by atoms with Crippen LogP contribution in [0.25, 0.3) is 0 Å². The summed E-state index contributed by atoms with van der Waals surface area (Å²) in [4.78, 5) is 18.2. The zero-order valence-corrected chi connectivity index (χ0v) is 15.3. The standard InChI is InChI=1S/C19H30N4O/c1-14-5-4-8-19(2,3)15(14)6-9-22-10-7-17-21-16(18(20)24)13-23(17)12-11-22/h13H,4-12H2,1-3H3,(H2,20,24). The molecule has 0 atom stereocenters. The van der Waals surface area contributed by atoms with E-state index in [1.807, 2.05) is 0 Å². The van der Waals surface area contributed by atoms with Crippen LogP contribution in [-0.4, -0.2) is 40.0 Å². The van der Waals surface area contributed by atoms with Crippen molar-refractivity contribution >= 4 is 5.91 Å². The zero-order valence-electron chi connectivity index (χ0n) is 15.3. The van der Waals surface area contributed by atoms with E-state index in [1.54, 1.807) is 17.3 Å². The average Bonchev–Trinajstić information content (AvgIpc) is 2.83. The van der Waals surface area contributed by atoms with Gasteiger partial charge in [0, 0.05) is 38.8 Å². The van der Waals surface area contributed by atoms with E-state index in [4.69, 9.17) is 5.73 Å². The molecule has 2 aliphatic rings. The Bertz CT molecular complexity index is 631. The van der Waals surface area contributed by atoms with Crippen LogP contribution in [0.4, 0.5) is 0 Å². The van der Waals surface area contributed by atoms with Crippen LogP contribution in [0.3, 0.4) is 0 Å². The van der Waals surface area contributed by atoms with E-state index in [0.717, 1.165) is 38.4 Å². The molecule has 2 heterocycles. The van der Waals surface area contributed by atoms with Crippen LogP contribution in [0.2, 0.25) is 0 Å². The van der Waals surface area contributed by atoms with E-state index in [9.17, 15) is 4.79 Å². The second-order valence-corrected chi connectivity index (χ2v) is 7.94. The molecule has 0 saturated heterocycles. The molecule has 0 spiro atoms. The predicted octanol–water partition coefficient (Wildman–Crippen LogP) is 2.76. The van der Waals surface area contributed by atoms with Gasteiger partial charge in [-0.2, -0.15) is 0 Å². The molecule has 1 amide bonds. The van der Waals surface area contributed by atoms with Crippen molar-refractivity contribution in [3.05, 3.63) is 28.9 Å². The van der Waals surface area contributed by atoms with Gasteiger partial charge in [-0.15, -0.1) is 0 Å². The molecule has 0 radical (unpaired) electrons. The molecule has 5 nitrogen and oxygen atoms in total. The molecule has 0 saturated carbocycles. The second-order valence-electron chi connectivity index (χ2n) is 7.94. The molecule has 3 rings (SSSR count). The summed E-state index contributed by atoms with van der Waals surface area (Å²) >= 11 is 0. The maximum absolute atomic E-state index is 11.3. The number of hydrogen-bond acceptors (Lipinski definition) is 3. The number of carbonyl (C=O) groups is 1. The maximum Gasteiger partial charge on any atom is 0.268 e. The molecule has 0 bridgehead atoms. The Morgan fingerprint density at radius 2 is 2.08 bits per heavy atom. The first-order valence-electron chi connectivity index (χ1n) is 9.14. The molecule has 2 N–H and O–H groups in total. The van der Waals surface area contributed by atoms with E-state index >= 15 is 0 Å². The number of carbonyl (C=O) groups excluding carboxylic acids is 1. The van der Waals surface area contributed by atoms with Gasteiger partial charge in [0.25, 0.3) is 5.91 Å². The highest BCUT2D eigenvalue weighted by atomic mass is 16.1. The van der Waals surface area contributed by atoms with Gasteiger partial charge in [-0.1, -0.05) is 25.0 Å². The first-order chi connectivity index (χ1) is 11.4. The summed E-state index contributed by atoms with van der Waals surface area (Å²) in [5, 5.41) is 0. The number of allylic oxidation sites excluding steroid dienone is 1. The number of fused-ring (bicyclic) bond motifs is 1. The van der Waals surface area contributed by atoms with Crippen LogP contribution >= 0.6 is 0 Å². The van der Waals surface area contributed by atoms with Crippen LogP contribution in [0, 0.1) is 5.41 Å². The van der Waals surface area contributed by atoms with E-state index in [-0.39, 0.29) is 0 Å². The fraction of sp³-hybridized carbons (Fsp3) is 0.684. The number of primary amides is 1. The monoisotopic (exact) mass is 330 g/mol. The number of aromatic nitrogens is 2. The number of rotatable bonds is 4. The quantitative estimate of drug-likeness (QED) is 0.863. The third-order valence-corrected chi connectivity index (χ3v) is 5.78. The van der Waals surface area contributed by atoms with Crippen LogP contribution in [0.1, 0.15) is 62.8 Å². The van der Waals surface area contributed by atoms with Gasteiger partial charge in [-0.05, 0) is 38.0 Å². The lowest BCUT2D eigenvalue weighted by atomic mass is 9.71. The number of nitrogens with two attached hydrogens (primary N) is 1. The summed E-state index contributed by atoms with van der Waals surface area (Å²) < 4.78 is 2.09. The molecular weight excluding hydrogens is 300 g/mol. The third kappa shape index (κ3) is 3.56. The fourth-order valence-corrected chi connectivity index (χ4v) is 4.31. The first-order valence-corrected chi connectivity index (χ1v) is 9.14. The van der Waals surface area contributed by atoms with Gasteiger partial charge in [-0.25, -0.2) is 4.98 Å². The van der Waals surface area contributed by atoms with E-state index in [0.29, 0.717) is 11.1 Å². The maximum atomic E-state index is 11.3. The molecule has 1 aromatic heterocycles. The Hall–Kier alpha value is -1.62. The highest BCUT2D eigenvalue weighted by Gasteiger charge is 2.28. The lowest BCUT2D eigenvalue weighted by Gasteiger charge is -2.35. The minimum Gasteiger partial charge on any atom is -0.364 e. The molecule has 24 heavy (non-hydrogen) atoms. The lowest BCUT2D eigenvalue weighted by Crippen LogP contribution is -2.30. The highest BCUT2D eigenvalue weighted by Crippen LogP contribution is 2.41. The van der Waals surface area contributed by atoms with Crippen molar-refractivity contribution in [2.24, 2.45) is 11.1 Å². The Morgan fingerprint density at radius 3 is 2.79 bits per heavy atom. The number of nitrogens with zero attached hydrogens (tertiary/aromatic N) is 3. The normalized spacial score (nSPS) is 21.5. The summed E-state index contributed by atoms with van der Waals surface area (Å²) in [6, 6.07) is 0. The highest BCUT2D eigenvalue weighted by molar-refractivity contribution is 5.90. The van der Waals surface area contributed by atoms with Gasteiger partial charge in [0.15, 0.2) is 0 Å². The Morgan fingerprint density at radius 1 is 1.29 bits per heavy atom. The molecule has 5 heteroatoms. The largest absolute Gasteiger partial charge is 0.364 e. The van der Waals surface area contributed by atoms with Gasteiger partial charge >= 0.3 is 0 Å². The van der Waals surface area contributed by atoms with E-state index in [1.165, 1.54) is 25.7 Å². The van der Waals surface area contributed by atoms with Crippen LogP contribution in [0.5, 0.6) is 0 Å². The average molecular weight is 330 g/mol. The van der Waals surface area contributed by atoms with Crippen molar-refractivity contribution in [1.82, 2.24) is 14.5 Å². The zero-order chi connectivity index (χ0) is 17.3. The predicted molar refractivity (Wildman–Crippen MR) is 95.8 cm³/mol. The molecule has 1 aliphatic carbocycles. The first kappa shape index (κ1) is 17.2. The smallest absolute Gasteiger partial charge is 0.268 e. The van der Waals surface area contributed by atoms with Crippen LogP contribution in [0.15, 0.2) is 17.3 Å². The van der Waals surface area contributed by atoms with Crippen molar-refractivity contribution in [3.8, 4) is 0 Å². The summed E-state index contributed by atoms with van der Waals surface area (Å²) in [5.41, 5.74) is 9.37. The lowest BCUT2D eigenvalue weighted by molar-refractivity contribution is 0.0995. The van der Waals surface area contributed by atoms with Gasteiger partial charge in [0.1, 0.15) is 11.5 Å². The topological polar surface area (TPSA) is 64.2 Å². The van der Waals surface area contributed by atoms with Gasteiger partial charge < -0.3 is 15.2 Å². The summed E-state index contributed by atoms with van der Waals surface area (Å²) in [6.07, 6.45) is 7.77. The second kappa shape index (κ2) is 6.71. The minimum absolute atomic E-state index is 0.359. The molecule has 0 fully saturated rings. The van der Waals surface area contributed by atoms with Gasteiger partial charge in [0.2, 0.25) is 0 Å². The third-order valence-electron chi connectivity index (χ3n) is 5.78. The summed E-state index contributed by atoms with van der Waals surface area (Å²) in [5.74, 6) is 0.550. The summed E-state index contributed by atoms with van der Waals surface area (Å²) in [6.45, 7) is 11.1. The molecule has 1 aliphatic heterocycles. The Balaban J connectivity index is 1.60. The fourth-order valence-electron chi connectivity index (χ4n) is 4.31. The Labute approximate surface area is 144 Å². The van der Waals surface area contributed by atoms with Crippen molar-refractivity contribution in [1.29, 1.82) is 0 Å². The minimum atomic E-state index is -0.436. The number of hydrogen-bond donors (Lipinski definition) is 1. The molecule has 0 unspecified atom stereocenters. The summed E-state index contributed by atoms with van der Waals surface area (Å²) in [7, 11) is 0. The number of imidazole rings is 1. The van der Waals surface area contributed by atoms with Crippen LogP contribution in [-0.2, 0) is 13.0 Å². The van der Waals surface area contributed by atoms with Crippen molar-refractivity contribution < 1.29 is 4.79 Å².